The Balaban J connectivity index is 1.84. The fraction of sp³-hybridized carbons (Fsp3) is 0.621. The highest BCUT2D eigenvalue weighted by Gasteiger charge is 2.78. The molecule has 10 nitrogen and oxygen atoms in total. The number of carbonyl (C=O) groups is 3. The summed E-state index contributed by atoms with van der Waals surface area (Å²) in [5.41, 5.74) is -5.72. The first-order valence-corrected chi connectivity index (χ1v) is 13.6. The van der Waals surface area contributed by atoms with Gasteiger partial charge in [0.15, 0.2) is 11.4 Å². The van der Waals surface area contributed by atoms with Crippen molar-refractivity contribution in [2.75, 3.05) is 6.61 Å². The van der Waals surface area contributed by atoms with E-state index in [1.807, 2.05) is 0 Å². The highest BCUT2D eigenvalue weighted by Crippen LogP contribution is 2.64. The van der Waals surface area contributed by atoms with E-state index < -0.39 is 76.2 Å². The van der Waals surface area contributed by atoms with Crippen molar-refractivity contribution in [3.8, 4) is 0 Å². The van der Waals surface area contributed by atoms with Crippen molar-refractivity contribution in [1.82, 2.24) is 0 Å². The first-order valence-electron chi connectivity index (χ1n) is 13.6. The first kappa shape index (κ1) is 30.0. The van der Waals surface area contributed by atoms with Crippen molar-refractivity contribution in [2.45, 2.75) is 89.2 Å². The van der Waals surface area contributed by atoms with E-state index >= 15 is 0 Å². The Kier molecular flexibility index (Phi) is 7.35. The lowest BCUT2D eigenvalue weighted by Crippen LogP contribution is -2.82. The van der Waals surface area contributed by atoms with Crippen LogP contribution >= 0.6 is 0 Å². The minimum atomic E-state index is -2.03. The van der Waals surface area contributed by atoms with Gasteiger partial charge in [-0.1, -0.05) is 32.0 Å². The van der Waals surface area contributed by atoms with Crippen LogP contribution in [0, 0.1) is 16.7 Å². The summed E-state index contributed by atoms with van der Waals surface area (Å²) in [6.07, 6.45) is -6.25. The lowest BCUT2D eigenvalue weighted by atomic mass is 9.44. The molecule has 3 fully saturated rings. The van der Waals surface area contributed by atoms with Crippen LogP contribution in [0.2, 0.25) is 0 Å². The number of aliphatic hydroxyl groups excluding tert-OH is 1. The number of ketones is 1. The number of rotatable bonds is 5. The molecular weight excluding hydrogens is 530 g/mol. The Bertz CT molecular complexity index is 1280. The van der Waals surface area contributed by atoms with E-state index in [4.69, 9.17) is 39.6 Å². The molecule has 1 heterocycles. The third-order valence-corrected chi connectivity index (χ3v) is 10.2. The lowest BCUT2D eigenvalue weighted by molar-refractivity contribution is -0.343. The van der Waals surface area contributed by atoms with Crippen molar-refractivity contribution in [2.24, 2.45) is 16.7 Å². The summed E-state index contributed by atoms with van der Waals surface area (Å²) >= 11 is 0. The van der Waals surface area contributed by atoms with Crippen molar-refractivity contribution in [3.05, 3.63) is 47.0 Å². The van der Waals surface area contributed by atoms with Gasteiger partial charge < -0.3 is 33.7 Å². The van der Waals surface area contributed by atoms with Gasteiger partial charge in [0.05, 0.1) is 35.7 Å². The minimum absolute atomic E-state index is 0.0572. The molecule has 9 atom stereocenters. The van der Waals surface area contributed by atoms with Gasteiger partial charge >= 0.3 is 11.9 Å². The number of esters is 2. The van der Waals surface area contributed by atoms with Crippen LogP contribution in [0.15, 0.2) is 41.5 Å². The Morgan fingerprint density at radius 1 is 1.10 bits per heavy atom. The highest BCUT2D eigenvalue weighted by atomic mass is 16.6. The predicted molar refractivity (Wildman–Crippen MR) is 144 cm³/mol. The van der Waals surface area contributed by atoms with Gasteiger partial charge in [0.25, 0.3) is 16.1 Å². The number of benzene rings is 1. The third kappa shape index (κ3) is 4.01. The third-order valence-electron chi connectivity index (χ3n) is 10.2. The van der Waals surface area contributed by atoms with Gasteiger partial charge in [-0.25, -0.2) is 4.79 Å². The van der Waals surface area contributed by atoms with Gasteiger partial charge in [-0.05, 0) is 37.1 Å². The van der Waals surface area contributed by atoms with Crippen molar-refractivity contribution in [1.29, 1.82) is 0 Å². The van der Waals surface area contributed by atoms with E-state index in [-0.39, 0.29) is 30.6 Å². The van der Waals surface area contributed by atoms with Gasteiger partial charge in [0, 0.05) is 25.2 Å². The largest absolute Gasteiger partial charge is 0.455 e. The molecule has 4 radical (unpaired) electrons. The molecule has 4 aliphatic rings. The van der Waals surface area contributed by atoms with Crippen molar-refractivity contribution in [3.63, 3.8) is 0 Å². The van der Waals surface area contributed by atoms with E-state index in [9.17, 15) is 24.6 Å². The fourth-order valence-electron chi connectivity index (χ4n) is 7.93. The second-order valence-electron chi connectivity index (χ2n) is 12.4. The van der Waals surface area contributed by atoms with Crippen LogP contribution in [-0.2, 0) is 33.1 Å². The van der Waals surface area contributed by atoms with E-state index in [1.54, 1.807) is 58.0 Å². The zero-order valence-electron chi connectivity index (χ0n) is 23.8. The van der Waals surface area contributed by atoms with E-state index in [2.05, 4.69) is 0 Å². The van der Waals surface area contributed by atoms with Gasteiger partial charge in [-0.3, -0.25) is 9.59 Å². The summed E-state index contributed by atoms with van der Waals surface area (Å²) in [6.45, 7) is 7.64. The minimum Gasteiger partial charge on any atom is -0.455 e. The van der Waals surface area contributed by atoms with Crippen molar-refractivity contribution < 1.29 is 48.1 Å². The molecule has 0 aromatic heterocycles. The van der Waals surface area contributed by atoms with E-state index in [0.717, 1.165) is 0 Å². The zero-order valence-corrected chi connectivity index (χ0v) is 23.8. The lowest BCUT2D eigenvalue weighted by Gasteiger charge is -2.68. The molecule has 3 aliphatic carbocycles. The Morgan fingerprint density at radius 2 is 1.76 bits per heavy atom. The number of carbonyl (C=O) groups excluding carboxylic acids is 3. The molecule has 1 aliphatic heterocycles. The number of Topliss-reactive ketones (excluding diaryl/α,β-unsaturated/α-hetero) is 1. The predicted octanol–water partition coefficient (Wildman–Crippen LogP) is 1.30. The van der Waals surface area contributed by atoms with E-state index in [1.165, 1.54) is 6.92 Å². The molecule has 1 aromatic carbocycles. The van der Waals surface area contributed by atoms with Crippen LogP contribution in [-0.4, -0.2) is 92.4 Å². The van der Waals surface area contributed by atoms with Crippen molar-refractivity contribution >= 4 is 33.8 Å². The average Bonchev–Trinajstić information content (AvgIpc) is 2.91. The van der Waals surface area contributed by atoms with Crippen LogP contribution < -0.4 is 0 Å². The molecule has 0 unspecified atom stereocenters. The van der Waals surface area contributed by atoms with Gasteiger partial charge in [0.2, 0.25) is 0 Å². The second kappa shape index (κ2) is 10.1. The quantitative estimate of drug-likeness (QED) is 0.306. The summed E-state index contributed by atoms with van der Waals surface area (Å²) in [6, 6.07) is 8.16. The molecule has 41 heavy (non-hydrogen) atoms. The van der Waals surface area contributed by atoms with Crippen LogP contribution in [0.5, 0.6) is 0 Å². The first-order chi connectivity index (χ1) is 19.2. The van der Waals surface area contributed by atoms with Crippen LogP contribution in [0.3, 0.4) is 0 Å². The summed E-state index contributed by atoms with van der Waals surface area (Å²) in [5, 5.41) is 24.1. The number of aliphatic hydroxyl groups is 2. The molecule has 0 spiro atoms. The number of hydrogen-bond acceptors (Lipinski definition) is 10. The molecule has 216 valence electrons. The maximum Gasteiger partial charge on any atom is 0.338 e. The van der Waals surface area contributed by atoms with Gasteiger partial charge in [-0.15, -0.1) is 0 Å². The summed E-state index contributed by atoms with van der Waals surface area (Å²) in [5.74, 6) is -3.28. The molecule has 2 bridgehead atoms. The SMILES string of the molecule is [B]O[C@H]1C(=O)[C@]2(C)[C@@H](O[B])C[C@H]3OC[C@@]3(OC(C)=O)[C@H]2[C@H](OC(=O)c2ccccc2)[C@]2(O)C[C@H](O)C(C)=C1C2(C)C. The standard InChI is InChI=1S/C29H34B2O10/c1-14-17(33)12-29(36)24(38-25(35)16-9-7-6-8-10-16)22-27(5,23(34)21(41-31)20(14)26(29,3)4)18(40-30)11-19-28(22,13-37-19)39-15(2)32/h6-10,17-19,21-22,24,33,36H,11-13H2,1-5H3/t17-,18-,19+,21+,22-,24-,27+,28-,29+/m0/s1. The van der Waals surface area contributed by atoms with Crippen LogP contribution in [0.1, 0.15) is 57.8 Å². The smallest absolute Gasteiger partial charge is 0.338 e. The summed E-state index contributed by atoms with van der Waals surface area (Å²) in [4.78, 5) is 41.0. The number of hydrogen-bond donors (Lipinski definition) is 2. The monoisotopic (exact) mass is 564 g/mol. The Hall–Kier alpha value is -2.50. The molecule has 2 N–H and O–H groups in total. The maximum absolute atomic E-state index is 14.7. The van der Waals surface area contributed by atoms with Crippen LogP contribution in [0.25, 0.3) is 0 Å². The molecular formula is C29H34B2O10. The summed E-state index contributed by atoms with van der Waals surface area (Å²) < 4.78 is 28.8. The topological polar surface area (TPSA) is 138 Å². The second-order valence-corrected chi connectivity index (χ2v) is 12.4. The van der Waals surface area contributed by atoms with Gasteiger partial charge in [0.1, 0.15) is 23.9 Å². The normalized spacial score (nSPS) is 41.2. The summed E-state index contributed by atoms with van der Waals surface area (Å²) in [7, 11) is 11.6. The molecule has 2 saturated carbocycles. The van der Waals surface area contributed by atoms with E-state index in [0.29, 0.717) is 5.57 Å². The Morgan fingerprint density at radius 3 is 2.29 bits per heavy atom. The fourth-order valence-corrected chi connectivity index (χ4v) is 7.93. The molecule has 1 saturated heterocycles. The molecule has 1 aromatic rings. The Labute approximate surface area is 241 Å². The van der Waals surface area contributed by atoms with Crippen LogP contribution in [0.4, 0.5) is 0 Å². The molecule has 12 heteroatoms. The molecule has 0 amide bonds. The van der Waals surface area contributed by atoms with Gasteiger partial charge in [-0.2, -0.15) is 0 Å². The maximum atomic E-state index is 14.7. The zero-order chi connectivity index (χ0) is 30.1. The highest BCUT2D eigenvalue weighted by molar-refractivity contribution is 6.03. The number of fused-ring (bicyclic) bond motifs is 5. The number of ether oxygens (including phenoxy) is 3. The molecule has 5 rings (SSSR count). The average molecular weight is 564 g/mol.